The van der Waals surface area contributed by atoms with E-state index in [4.69, 9.17) is 5.11 Å². The first-order valence-corrected chi connectivity index (χ1v) is 9.08. The quantitative estimate of drug-likeness (QED) is 0.786. The predicted molar refractivity (Wildman–Crippen MR) is 76.7 cm³/mol. The summed E-state index contributed by atoms with van der Waals surface area (Å²) < 4.78 is 23.3. The molecule has 0 aromatic heterocycles. The number of carboxylic acid groups (broad SMARTS) is 1. The molecule has 1 heterocycles. The molecule has 1 saturated carbocycles. The van der Waals surface area contributed by atoms with Crippen LogP contribution in [0.2, 0.25) is 0 Å². The highest BCUT2D eigenvalue weighted by atomic mass is 32.2. The molecule has 1 aliphatic heterocycles. The number of aliphatic carboxylic acids is 1. The third-order valence-corrected chi connectivity index (χ3v) is 5.92. The normalized spacial score (nSPS) is 31.9. The summed E-state index contributed by atoms with van der Waals surface area (Å²) in [7, 11) is -3.27. The van der Waals surface area contributed by atoms with Crippen LogP contribution in [0, 0.1) is 5.92 Å². The van der Waals surface area contributed by atoms with Crippen molar-refractivity contribution in [1.82, 2.24) is 10.2 Å². The van der Waals surface area contributed by atoms with E-state index < -0.39 is 21.8 Å². The number of sulfone groups is 1. The summed E-state index contributed by atoms with van der Waals surface area (Å²) in [6.07, 6.45) is 2.57. The fourth-order valence-electron chi connectivity index (χ4n) is 3.12. The second kappa shape index (κ2) is 6.21. The van der Waals surface area contributed by atoms with Gasteiger partial charge in [-0.25, -0.2) is 13.2 Å². The maximum atomic E-state index is 12.3. The van der Waals surface area contributed by atoms with Gasteiger partial charge in [-0.3, -0.25) is 4.79 Å². The average Bonchev–Trinajstić information content (AvgIpc) is 2.72. The number of hydrogen-bond acceptors (Lipinski definition) is 4. The van der Waals surface area contributed by atoms with Crippen molar-refractivity contribution in [2.45, 2.75) is 44.7 Å². The van der Waals surface area contributed by atoms with Crippen molar-refractivity contribution in [3.8, 4) is 0 Å². The van der Waals surface area contributed by atoms with Crippen molar-refractivity contribution in [1.29, 1.82) is 0 Å². The number of hydrogen-bond donors (Lipinski definition) is 2. The standard InChI is InChI=1S/C13H22N2O5S/c1-9-2-3-10(6-9)14-13(18)15-4-5-21(19,20)8-11(15)7-12(16)17/h9-11H,2-8H2,1H3,(H,14,18)(H,16,17). The molecule has 2 aliphatic rings. The molecule has 3 atom stereocenters. The molecule has 2 N–H and O–H groups in total. The Kier molecular flexibility index (Phi) is 4.75. The van der Waals surface area contributed by atoms with E-state index in [1.807, 2.05) is 0 Å². The number of nitrogens with one attached hydrogen (secondary N) is 1. The summed E-state index contributed by atoms with van der Waals surface area (Å²) in [6.45, 7) is 2.20. The fraction of sp³-hybridized carbons (Fsp3) is 0.846. The second-order valence-corrected chi connectivity index (χ2v) is 8.35. The zero-order chi connectivity index (χ0) is 15.6. The average molecular weight is 318 g/mol. The van der Waals surface area contributed by atoms with Crippen LogP contribution in [-0.2, 0) is 14.6 Å². The Hall–Kier alpha value is -1.31. The van der Waals surface area contributed by atoms with Crippen LogP contribution < -0.4 is 5.32 Å². The van der Waals surface area contributed by atoms with Gasteiger partial charge in [0.05, 0.1) is 24.0 Å². The van der Waals surface area contributed by atoms with E-state index in [0.29, 0.717) is 5.92 Å². The number of rotatable bonds is 3. The van der Waals surface area contributed by atoms with E-state index in [1.165, 1.54) is 4.90 Å². The molecule has 8 heteroatoms. The van der Waals surface area contributed by atoms with Gasteiger partial charge in [-0.15, -0.1) is 0 Å². The number of nitrogens with zero attached hydrogens (tertiary/aromatic N) is 1. The van der Waals surface area contributed by atoms with E-state index in [2.05, 4.69) is 12.2 Å². The van der Waals surface area contributed by atoms with Gasteiger partial charge in [-0.05, 0) is 25.2 Å². The molecule has 120 valence electrons. The maximum Gasteiger partial charge on any atom is 0.317 e. The molecule has 7 nitrogen and oxygen atoms in total. The monoisotopic (exact) mass is 318 g/mol. The molecule has 21 heavy (non-hydrogen) atoms. The number of carbonyl (C=O) groups is 2. The molecular formula is C13H22N2O5S. The molecule has 1 aliphatic carbocycles. The first-order valence-electron chi connectivity index (χ1n) is 7.26. The lowest BCUT2D eigenvalue weighted by atomic mass is 10.1. The Bertz CT molecular complexity index is 519. The van der Waals surface area contributed by atoms with E-state index in [9.17, 15) is 18.0 Å². The zero-order valence-corrected chi connectivity index (χ0v) is 12.9. The van der Waals surface area contributed by atoms with E-state index in [-0.39, 0.29) is 36.5 Å². The summed E-state index contributed by atoms with van der Waals surface area (Å²) in [5.41, 5.74) is 0. The van der Waals surface area contributed by atoms with Gasteiger partial charge in [0, 0.05) is 12.6 Å². The lowest BCUT2D eigenvalue weighted by Crippen LogP contribution is -2.56. The minimum atomic E-state index is -3.27. The topological polar surface area (TPSA) is 104 Å². The molecule has 0 bridgehead atoms. The van der Waals surface area contributed by atoms with Gasteiger partial charge < -0.3 is 15.3 Å². The summed E-state index contributed by atoms with van der Waals surface area (Å²) in [6, 6.07) is -1.01. The molecule has 2 rings (SSSR count). The molecule has 0 aromatic rings. The van der Waals surface area contributed by atoms with E-state index in [1.54, 1.807) is 0 Å². The number of urea groups is 1. The van der Waals surface area contributed by atoms with Gasteiger partial charge in [-0.1, -0.05) is 6.92 Å². The smallest absolute Gasteiger partial charge is 0.317 e. The highest BCUT2D eigenvalue weighted by Crippen LogP contribution is 2.25. The van der Waals surface area contributed by atoms with Crippen molar-refractivity contribution in [2.24, 2.45) is 5.92 Å². The Morgan fingerprint density at radius 1 is 1.33 bits per heavy atom. The van der Waals surface area contributed by atoms with Crippen LogP contribution in [0.25, 0.3) is 0 Å². The van der Waals surface area contributed by atoms with Crippen LogP contribution in [0.15, 0.2) is 0 Å². The van der Waals surface area contributed by atoms with Crippen LogP contribution in [-0.4, -0.2) is 60.6 Å². The summed E-state index contributed by atoms with van der Waals surface area (Å²) in [5, 5.41) is 11.8. The van der Waals surface area contributed by atoms with Crippen LogP contribution in [0.1, 0.15) is 32.6 Å². The molecule has 0 radical (unpaired) electrons. The Morgan fingerprint density at radius 3 is 2.62 bits per heavy atom. The zero-order valence-electron chi connectivity index (χ0n) is 12.1. The highest BCUT2D eigenvalue weighted by Gasteiger charge is 2.36. The summed E-state index contributed by atoms with van der Waals surface area (Å²) in [4.78, 5) is 24.5. The summed E-state index contributed by atoms with van der Waals surface area (Å²) >= 11 is 0. The Labute approximate surface area is 124 Å². The first kappa shape index (κ1) is 16.1. The molecule has 3 unspecified atom stereocenters. The number of carbonyl (C=O) groups excluding carboxylic acids is 1. The lowest BCUT2D eigenvalue weighted by Gasteiger charge is -2.35. The van der Waals surface area contributed by atoms with Crippen LogP contribution in [0.4, 0.5) is 4.79 Å². The molecular weight excluding hydrogens is 296 g/mol. The maximum absolute atomic E-state index is 12.3. The van der Waals surface area contributed by atoms with Crippen molar-refractivity contribution < 1.29 is 23.1 Å². The van der Waals surface area contributed by atoms with Gasteiger partial charge in [0.1, 0.15) is 0 Å². The van der Waals surface area contributed by atoms with Gasteiger partial charge in [-0.2, -0.15) is 0 Å². The van der Waals surface area contributed by atoms with Crippen LogP contribution >= 0.6 is 0 Å². The minimum Gasteiger partial charge on any atom is -0.481 e. The van der Waals surface area contributed by atoms with Gasteiger partial charge in [0.15, 0.2) is 9.84 Å². The van der Waals surface area contributed by atoms with Crippen molar-refractivity contribution in [3.05, 3.63) is 0 Å². The minimum absolute atomic E-state index is 0.0639. The molecule has 0 spiro atoms. The molecule has 2 fully saturated rings. The number of amides is 2. The van der Waals surface area contributed by atoms with E-state index >= 15 is 0 Å². The first-order chi connectivity index (χ1) is 9.77. The van der Waals surface area contributed by atoms with E-state index in [0.717, 1.165) is 19.3 Å². The van der Waals surface area contributed by atoms with Gasteiger partial charge in [0.25, 0.3) is 0 Å². The third-order valence-electron chi connectivity index (χ3n) is 4.22. The highest BCUT2D eigenvalue weighted by molar-refractivity contribution is 7.91. The van der Waals surface area contributed by atoms with Gasteiger partial charge >= 0.3 is 12.0 Å². The van der Waals surface area contributed by atoms with Crippen molar-refractivity contribution >= 4 is 21.8 Å². The van der Waals surface area contributed by atoms with Gasteiger partial charge in [0.2, 0.25) is 0 Å². The lowest BCUT2D eigenvalue weighted by molar-refractivity contribution is -0.138. The van der Waals surface area contributed by atoms with Crippen LogP contribution in [0.5, 0.6) is 0 Å². The number of carboxylic acids is 1. The predicted octanol–water partition coefficient (Wildman–Crippen LogP) is 0.458. The Morgan fingerprint density at radius 2 is 2.05 bits per heavy atom. The molecule has 1 saturated heterocycles. The largest absolute Gasteiger partial charge is 0.481 e. The Balaban J connectivity index is 2.01. The fourth-order valence-corrected chi connectivity index (χ4v) is 4.65. The molecule has 0 aromatic carbocycles. The molecule has 2 amide bonds. The van der Waals surface area contributed by atoms with Crippen molar-refractivity contribution in [3.63, 3.8) is 0 Å². The SMILES string of the molecule is CC1CCC(NC(=O)N2CCS(=O)(=O)CC2CC(=O)O)C1. The van der Waals surface area contributed by atoms with Crippen LogP contribution in [0.3, 0.4) is 0 Å². The summed E-state index contributed by atoms with van der Waals surface area (Å²) in [5.74, 6) is -0.887. The van der Waals surface area contributed by atoms with Crippen molar-refractivity contribution in [2.75, 3.05) is 18.1 Å². The second-order valence-electron chi connectivity index (χ2n) is 6.12. The third kappa shape index (κ3) is 4.33.